The van der Waals surface area contributed by atoms with E-state index >= 15 is 0 Å². The van der Waals surface area contributed by atoms with Crippen LogP contribution in [0, 0.1) is 11.3 Å². The number of aromatic nitrogens is 2. The molecule has 0 fully saturated rings. The Bertz CT molecular complexity index is 653. The topological polar surface area (TPSA) is 50.8 Å². The first-order valence-corrected chi connectivity index (χ1v) is 7.38. The lowest BCUT2D eigenvalue weighted by atomic mass is 10.0. The molecule has 2 rings (SSSR count). The molecule has 4 heteroatoms. The number of aryl methyl sites for hydroxylation is 2. The van der Waals surface area contributed by atoms with E-state index in [1.54, 1.807) is 13.2 Å². The number of hydrogen-bond donors (Lipinski definition) is 0. The first-order chi connectivity index (χ1) is 10.2. The molecule has 0 radical (unpaired) electrons. The molecular weight excluding hydrogens is 262 g/mol. The van der Waals surface area contributed by atoms with Crippen molar-refractivity contribution in [3.05, 3.63) is 35.5 Å². The van der Waals surface area contributed by atoms with Crippen molar-refractivity contribution < 1.29 is 4.74 Å². The Hall–Kier alpha value is -2.28. The smallest absolute Gasteiger partial charge is 0.128 e. The van der Waals surface area contributed by atoms with Crippen molar-refractivity contribution in [3.63, 3.8) is 0 Å². The van der Waals surface area contributed by atoms with Gasteiger partial charge in [-0.15, -0.1) is 0 Å². The van der Waals surface area contributed by atoms with Gasteiger partial charge in [-0.1, -0.05) is 20.3 Å². The molecule has 2 aromatic rings. The maximum atomic E-state index is 9.12. The molecule has 0 spiro atoms. The van der Waals surface area contributed by atoms with Crippen LogP contribution in [0.2, 0.25) is 0 Å². The second-order valence-corrected chi connectivity index (χ2v) is 5.04. The Morgan fingerprint density at radius 2 is 2.10 bits per heavy atom. The number of nitriles is 1. The minimum Gasteiger partial charge on any atom is -0.496 e. The van der Waals surface area contributed by atoms with Crippen molar-refractivity contribution in [3.8, 4) is 23.1 Å². The van der Waals surface area contributed by atoms with E-state index in [2.05, 4.69) is 26.1 Å². The fourth-order valence-corrected chi connectivity index (χ4v) is 2.45. The van der Waals surface area contributed by atoms with E-state index in [4.69, 9.17) is 15.1 Å². The van der Waals surface area contributed by atoms with Crippen LogP contribution in [0.4, 0.5) is 0 Å². The summed E-state index contributed by atoms with van der Waals surface area (Å²) in [6, 6.07) is 7.64. The Morgan fingerprint density at radius 3 is 2.71 bits per heavy atom. The maximum Gasteiger partial charge on any atom is 0.128 e. The molecule has 110 valence electrons. The number of hydrogen-bond acceptors (Lipinski definition) is 3. The predicted molar refractivity (Wildman–Crippen MR) is 83.2 cm³/mol. The second kappa shape index (κ2) is 6.94. The van der Waals surface area contributed by atoms with E-state index in [0.717, 1.165) is 42.8 Å². The van der Waals surface area contributed by atoms with Gasteiger partial charge < -0.3 is 4.74 Å². The maximum absolute atomic E-state index is 9.12. The SMILES string of the molecule is CCCc1cn(CCC)nc1-c1cc(C#N)ccc1OC. The zero-order valence-electron chi connectivity index (χ0n) is 12.9. The minimum atomic E-state index is 0.623. The average Bonchev–Trinajstić information content (AvgIpc) is 2.90. The Kier molecular flexibility index (Phi) is 4.99. The van der Waals surface area contributed by atoms with Crippen molar-refractivity contribution in [1.82, 2.24) is 9.78 Å². The van der Waals surface area contributed by atoms with Gasteiger partial charge in [0.2, 0.25) is 0 Å². The molecule has 1 aromatic heterocycles. The lowest BCUT2D eigenvalue weighted by Gasteiger charge is -2.08. The van der Waals surface area contributed by atoms with Crippen molar-refractivity contribution in [2.45, 2.75) is 39.7 Å². The van der Waals surface area contributed by atoms with E-state index in [1.807, 2.05) is 16.8 Å². The second-order valence-electron chi connectivity index (χ2n) is 5.04. The van der Waals surface area contributed by atoms with Crippen LogP contribution >= 0.6 is 0 Å². The molecule has 0 bridgehead atoms. The first-order valence-electron chi connectivity index (χ1n) is 7.38. The standard InChI is InChI=1S/C17H21N3O/c1-4-6-14-12-20(9-5-2)19-17(14)15-10-13(11-18)7-8-16(15)21-3/h7-8,10,12H,4-6,9H2,1-3H3. The third kappa shape index (κ3) is 3.25. The van der Waals surface area contributed by atoms with Gasteiger partial charge in [-0.25, -0.2) is 0 Å². The first kappa shape index (κ1) is 15.1. The average molecular weight is 283 g/mol. The number of ether oxygens (including phenoxy) is 1. The van der Waals surface area contributed by atoms with Crippen LogP contribution in [0.15, 0.2) is 24.4 Å². The molecule has 0 saturated carbocycles. The van der Waals surface area contributed by atoms with E-state index in [0.29, 0.717) is 5.56 Å². The molecule has 0 amide bonds. The monoisotopic (exact) mass is 283 g/mol. The Labute approximate surface area is 126 Å². The zero-order chi connectivity index (χ0) is 15.2. The summed E-state index contributed by atoms with van der Waals surface area (Å²) in [6.07, 6.45) is 5.19. The van der Waals surface area contributed by atoms with Crippen LogP contribution in [0.1, 0.15) is 37.8 Å². The van der Waals surface area contributed by atoms with E-state index in [9.17, 15) is 0 Å². The molecule has 0 saturated heterocycles. The van der Waals surface area contributed by atoms with Gasteiger partial charge >= 0.3 is 0 Å². The molecule has 4 nitrogen and oxygen atoms in total. The molecule has 1 heterocycles. The van der Waals surface area contributed by atoms with E-state index < -0.39 is 0 Å². The highest BCUT2D eigenvalue weighted by atomic mass is 16.5. The third-order valence-corrected chi connectivity index (χ3v) is 3.39. The van der Waals surface area contributed by atoms with Crippen LogP contribution in [0.3, 0.4) is 0 Å². The molecule has 0 aliphatic rings. The number of methoxy groups -OCH3 is 1. The molecule has 0 unspecified atom stereocenters. The minimum absolute atomic E-state index is 0.623. The van der Waals surface area contributed by atoms with Crippen molar-refractivity contribution >= 4 is 0 Å². The number of benzene rings is 1. The molecular formula is C17H21N3O. The van der Waals surface area contributed by atoms with Crippen LogP contribution < -0.4 is 4.74 Å². The summed E-state index contributed by atoms with van der Waals surface area (Å²) in [4.78, 5) is 0. The highest BCUT2D eigenvalue weighted by Gasteiger charge is 2.15. The zero-order valence-corrected chi connectivity index (χ0v) is 12.9. The molecule has 21 heavy (non-hydrogen) atoms. The summed E-state index contributed by atoms with van der Waals surface area (Å²) in [5.74, 6) is 0.758. The highest BCUT2D eigenvalue weighted by Crippen LogP contribution is 2.32. The van der Waals surface area contributed by atoms with Gasteiger partial charge in [-0.05, 0) is 36.6 Å². The largest absolute Gasteiger partial charge is 0.496 e. The van der Waals surface area contributed by atoms with Gasteiger partial charge in [0.15, 0.2) is 0 Å². The quantitative estimate of drug-likeness (QED) is 0.810. The summed E-state index contributed by atoms with van der Waals surface area (Å²) in [7, 11) is 1.65. The van der Waals surface area contributed by atoms with Gasteiger partial charge in [0, 0.05) is 18.3 Å². The molecule has 0 aliphatic heterocycles. The lowest BCUT2D eigenvalue weighted by Crippen LogP contribution is -1.97. The van der Waals surface area contributed by atoms with Gasteiger partial charge in [0.1, 0.15) is 5.75 Å². The Balaban J connectivity index is 2.56. The van der Waals surface area contributed by atoms with Crippen LogP contribution in [-0.4, -0.2) is 16.9 Å². The lowest BCUT2D eigenvalue weighted by molar-refractivity contribution is 0.416. The van der Waals surface area contributed by atoms with Crippen molar-refractivity contribution in [2.75, 3.05) is 7.11 Å². The van der Waals surface area contributed by atoms with Gasteiger partial charge in [0.05, 0.1) is 24.4 Å². The van der Waals surface area contributed by atoms with E-state index in [1.165, 1.54) is 5.56 Å². The van der Waals surface area contributed by atoms with Crippen LogP contribution in [0.5, 0.6) is 5.75 Å². The van der Waals surface area contributed by atoms with Crippen molar-refractivity contribution in [1.29, 1.82) is 5.26 Å². The predicted octanol–water partition coefficient (Wildman–Crippen LogP) is 3.79. The fourth-order valence-electron chi connectivity index (χ4n) is 2.45. The summed E-state index contributed by atoms with van der Waals surface area (Å²) in [5.41, 5.74) is 3.66. The summed E-state index contributed by atoms with van der Waals surface area (Å²) >= 11 is 0. The summed E-state index contributed by atoms with van der Waals surface area (Å²) < 4.78 is 7.43. The highest BCUT2D eigenvalue weighted by molar-refractivity contribution is 5.71. The van der Waals surface area contributed by atoms with Crippen molar-refractivity contribution in [2.24, 2.45) is 0 Å². The van der Waals surface area contributed by atoms with Crippen LogP contribution in [-0.2, 0) is 13.0 Å². The molecule has 0 atom stereocenters. The number of rotatable bonds is 6. The van der Waals surface area contributed by atoms with Gasteiger partial charge in [-0.3, -0.25) is 4.68 Å². The van der Waals surface area contributed by atoms with Gasteiger partial charge in [-0.2, -0.15) is 10.4 Å². The molecule has 1 aromatic carbocycles. The van der Waals surface area contributed by atoms with Gasteiger partial charge in [0.25, 0.3) is 0 Å². The summed E-state index contributed by atoms with van der Waals surface area (Å²) in [5, 5.41) is 13.8. The summed E-state index contributed by atoms with van der Waals surface area (Å²) in [6.45, 7) is 5.19. The third-order valence-electron chi connectivity index (χ3n) is 3.39. The molecule has 0 aliphatic carbocycles. The Morgan fingerprint density at radius 1 is 1.29 bits per heavy atom. The fraction of sp³-hybridized carbons (Fsp3) is 0.412. The van der Waals surface area contributed by atoms with Crippen LogP contribution in [0.25, 0.3) is 11.3 Å². The number of nitrogens with zero attached hydrogens (tertiary/aromatic N) is 3. The molecule has 0 N–H and O–H groups in total. The van der Waals surface area contributed by atoms with E-state index in [-0.39, 0.29) is 0 Å². The normalized spacial score (nSPS) is 10.4.